The van der Waals surface area contributed by atoms with Gasteiger partial charge in [-0.1, -0.05) is 31.0 Å². The lowest BCUT2D eigenvalue weighted by molar-refractivity contribution is 0.0989. The molecule has 0 radical (unpaired) electrons. The third-order valence-electron chi connectivity index (χ3n) is 3.89. The number of nitrogens with one attached hydrogen (secondary N) is 1. The second-order valence-corrected chi connectivity index (χ2v) is 5.19. The fourth-order valence-electron chi connectivity index (χ4n) is 2.82. The van der Waals surface area contributed by atoms with Gasteiger partial charge in [0.25, 0.3) is 0 Å². The van der Waals surface area contributed by atoms with Gasteiger partial charge in [0.05, 0.1) is 6.54 Å². The quantitative estimate of drug-likeness (QED) is 0.853. The highest BCUT2D eigenvalue weighted by Crippen LogP contribution is 2.19. The van der Waals surface area contributed by atoms with Crippen molar-refractivity contribution in [3.05, 3.63) is 42.2 Å². The van der Waals surface area contributed by atoms with Gasteiger partial charge >= 0.3 is 0 Å². The van der Waals surface area contributed by atoms with Crippen LogP contribution in [0.25, 0.3) is 10.8 Å². The smallest absolute Gasteiger partial charge is 0.177 e. The van der Waals surface area contributed by atoms with Crippen LogP contribution in [0, 0.1) is 0 Å². The first-order chi connectivity index (χ1) is 9.34. The Labute approximate surface area is 113 Å². The van der Waals surface area contributed by atoms with E-state index in [1.54, 1.807) is 12.4 Å². The Morgan fingerprint density at radius 1 is 1.26 bits per heavy atom. The van der Waals surface area contributed by atoms with Crippen LogP contribution in [-0.4, -0.2) is 23.4 Å². The Morgan fingerprint density at radius 3 is 2.95 bits per heavy atom. The number of fused-ring (bicyclic) bond motifs is 1. The van der Waals surface area contributed by atoms with Crippen LogP contribution in [0.15, 0.2) is 36.7 Å². The number of rotatable bonds is 4. The number of benzene rings is 1. The predicted octanol–water partition coefficient (Wildman–Crippen LogP) is 2.95. The summed E-state index contributed by atoms with van der Waals surface area (Å²) in [5.41, 5.74) is 0.774. The summed E-state index contributed by atoms with van der Waals surface area (Å²) in [6, 6.07) is 8.31. The molecule has 1 fully saturated rings. The van der Waals surface area contributed by atoms with Gasteiger partial charge in [0.15, 0.2) is 5.78 Å². The first-order valence-corrected chi connectivity index (χ1v) is 6.94. The second-order valence-electron chi connectivity index (χ2n) is 5.19. The minimum atomic E-state index is 0.158. The second kappa shape index (κ2) is 5.49. The van der Waals surface area contributed by atoms with E-state index < -0.39 is 0 Å². The molecule has 0 bridgehead atoms. The summed E-state index contributed by atoms with van der Waals surface area (Å²) in [5.74, 6) is 0.158. The molecule has 1 N–H and O–H groups in total. The van der Waals surface area contributed by atoms with Gasteiger partial charge in [-0.2, -0.15) is 0 Å². The van der Waals surface area contributed by atoms with Gasteiger partial charge in [-0.05, 0) is 24.3 Å². The molecule has 3 nitrogen and oxygen atoms in total. The molecule has 0 saturated heterocycles. The molecule has 0 amide bonds. The van der Waals surface area contributed by atoms with Crippen molar-refractivity contribution in [3.8, 4) is 0 Å². The zero-order valence-corrected chi connectivity index (χ0v) is 10.9. The lowest BCUT2D eigenvalue weighted by Crippen LogP contribution is -2.31. The SMILES string of the molecule is O=C(CNC1CCCC1)c1cccc2ccncc12. The van der Waals surface area contributed by atoms with Crippen molar-refractivity contribution < 1.29 is 4.79 Å². The Bertz CT molecular complexity index is 583. The summed E-state index contributed by atoms with van der Waals surface area (Å²) in [4.78, 5) is 16.4. The maximum atomic E-state index is 12.3. The van der Waals surface area contributed by atoms with Crippen LogP contribution in [-0.2, 0) is 0 Å². The molecule has 1 aliphatic carbocycles. The maximum Gasteiger partial charge on any atom is 0.177 e. The molecule has 3 rings (SSSR count). The highest BCUT2D eigenvalue weighted by atomic mass is 16.1. The van der Waals surface area contributed by atoms with Crippen LogP contribution in [0.2, 0.25) is 0 Å². The van der Waals surface area contributed by atoms with Crippen molar-refractivity contribution in [2.75, 3.05) is 6.54 Å². The number of hydrogen-bond donors (Lipinski definition) is 1. The minimum Gasteiger partial charge on any atom is -0.307 e. The van der Waals surface area contributed by atoms with Crippen molar-refractivity contribution >= 4 is 16.6 Å². The number of Topliss-reactive ketones (excluding diaryl/α,β-unsaturated/α-hetero) is 1. The molecule has 0 atom stereocenters. The van der Waals surface area contributed by atoms with E-state index in [4.69, 9.17) is 0 Å². The van der Waals surface area contributed by atoms with Crippen LogP contribution in [0.5, 0.6) is 0 Å². The van der Waals surface area contributed by atoms with Crippen LogP contribution < -0.4 is 5.32 Å². The molecule has 1 aromatic carbocycles. The highest BCUT2D eigenvalue weighted by molar-refractivity contribution is 6.08. The Balaban J connectivity index is 1.77. The Morgan fingerprint density at radius 2 is 2.11 bits per heavy atom. The van der Waals surface area contributed by atoms with Crippen LogP contribution in [0.4, 0.5) is 0 Å². The summed E-state index contributed by atoms with van der Waals surface area (Å²) in [6.07, 6.45) is 8.49. The molecule has 1 aromatic heterocycles. The molecule has 3 heteroatoms. The maximum absolute atomic E-state index is 12.3. The van der Waals surface area contributed by atoms with Crippen LogP contribution in [0.1, 0.15) is 36.0 Å². The van der Waals surface area contributed by atoms with Crippen LogP contribution in [0.3, 0.4) is 0 Å². The third-order valence-corrected chi connectivity index (χ3v) is 3.89. The number of pyridine rings is 1. The third kappa shape index (κ3) is 2.66. The fraction of sp³-hybridized carbons (Fsp3) is 0.375. The van der Waals surface area contributed by atoms with E-state index in [0.29, 0.717) is 12.6 Å². The average molecular weight is 254 g/mol. The van der Waals surface area contributed by atoms with Crippen molar-refractivity contribution in [1.82, 2.24) is 10.3 Å². The minimum absolute atomic E-state index is 0.158. The van der Waals surface area contributed by atoms with E-state index in [-0.39, 0.29) is 5.78 Å². The number of nitrogens with zero attached hydrogens (tertiary/aromatic N) is 1. The molecule has 1 saturated carbocycles. The predicted molar refractivity (Wildman–Crippen MR) is 76.3 cm³/mol. The van der Waals surface area contributed by atoms with Gasteiger partial charge in [-0.3, -0.25) is 9.78 Å². The fourth-order valence-corrected chi connectivity index (χ4v) is 2.82. The Kier molecular flexibility index (Phi) is 3.56. The van der Waals surface area contributed by atoms with Gasteiger partial charge in [0, 0.05) is 29.4 Å². The molecule has 98 valence electrons. The van der Waals surface area contributed by atoms with E-state index in [2.05, 4.69) is 10.3 Å². The van der Waals surface area contributed by atoms with Gasteiger partial charge in [0.1, 0.15) is 0 Å². The largest absolute Gasteiger partial charge is 0.307 e. The molecule has 2 aromatic rings. The zero-order valence-electron chi connectivity index (χ0n) is 10.9. The standard InChI is InChI=1S/C16H18N2O/c19-16(11-18-13-5-1-2-6-13)14-7-3-4-12-8-9-17-10-15(12)14/h3-4,7-10,13,18H,1-2,5-6,11H2. The van der Waals surface area contributed by atoms with E-state index in [9.17, 15) is 4.79 Å². The summed E-state index contributed by atoms with van der Waals surface area (Å²) in [7, 11) is 0. The summed E-state index contributed by atoms with van der Waals surface area (Å²) in [6.45, 7) is 0.429. The molecule has 19 heavy (non-hydrogen) atoms. The molecule has 0 spiro atoms. The number of hydrogen-bond acceptors (Lipinski definition) is 3. The lowest BCUT2D eigenvalue weighted by Gasteiger charge is -2.11. The van der Waals surface area contributed by atoms with E-state index >= 15 is 0 Å². The van der Waals surface area contributed by atoms with E-state index in [0.717, 1.165) is 16.3 Å². The lowest BCUT2D eigenvalue weighted by atomic mass is 10.0. The summed E-state index contributed by atoms with van der Waals surface area (Å²) in [5, 5.41) is 5.39. The zero-order chi connectivity index (χ0) is 13.1. The number of carbonyl (C=O) groups is 1. The average Bonchev–Trinajstić information content (AvgIpc) is 2.97. The number of aromatic nitrogens is 1. The van der Waals surface area contributed by atoms with Gasteiger partial charge in [-0.15, -0.1) is 0 Å². The van der Waals surface area contributed by atoms with Crippen molar-refractivity contribution in [2.24, 2.45) is 0 Å². The molecule has 1 heterocycles. The Hall–Kier alpha value is -1.74. The van der Waals surface area contributed by atoms with Gasteiger partial charge in [-0.25, -0.2) is 0 Å². The monoisotopic (exact) mass is 254 g/mol. The summed E-state index contributed by atoms with van der Waals surface area (Å²) < 4.78 is 0. The molecule has 0 aliphatic heterocycles. The van der Waals surface area contributed by atoms with Crippen molar-refractivity contribution in [3.63, 3.8) is 0 Å². The summed E-state index contributed by atoms with van der Waals surface area (Å²) >= 11 is 0. The molecule has 1 aliphatic rings. The van der Waals surface area contributed by atoms with E-state index in [1.165, 1.54) is 25.7 Å². The van der Waals surface area contributed by atoms with Crippen molar-refractivity contribution in [2.45, 2.75) is 31.7 Å². The van der Waals surface area contributed by atoms with Crippen LogP contribution >= 0.6 is 0 Å². The highest BCUT2D eigenvalue weighted by Gasteiger charge is 2.16. The number of carbonyl (C=O) groups excluding carboxylic acids is 1. The van der Waals surface area contributed by atoms with Gasteiger partial charge in [0.2, 0.25) is 0 Å². The topological polar surface area (TPSA) is 42.0 Å². The molecule has 0 unspecified atom stereocenters. The normalized spacial score (nSPS) is 16.0. The first kappa shape index (κ1) is 12.3. The molecular formula is C16H18N2O. The van der Waals surface area contributed by atoms with Crippen molar-refractivity contribution in [1.29, 1.82) is 0 Å². The number of ketones is 1. The molecular weight excluding hydrogens is 236 g/mol. The first-order valence-electron chi connectivity index (χ1n) is 6.94. The van der Waals surface area contributed by atoms with E-state index in [1.807, 2.05) is 24.3 Å². The van der Waals surface area contributed by atoms with Gasteiger partial charge < -0.3 is 5.32 Å².